The zero-order valence-corrected chi connectivity index (χ0v) is 31.3. The van der Waals surface area contributed by atoms with Gasteiger partial charge in [-0.1, -0.05) is 13.3 Å². The Morgan fingerprint density at radius 2 is 1.38 bits per heavy atom. The SMILES string of the molecule is CCCCCCC1=Cc2c(-c3ccc(CCCCCC)cc3)cccc2[CH]1[Zr]([Cl])([Cl])([CH]1C=Cc2ccccc21)[SiH](C)C. The number of rotatable bonds is 14. The van der Waals surface area contributed by atoms with Gasteiger partial charge in [0.1, 0.15) is 0 Å². The summed E-state index contributed by atoms with van der Waals surface area (Å²) in [6.07, 6.45) is 19.7. The van der Waals surface area contributed by atoms with E-state index in [0.29, 0.717) is 0 Å². The summed E-state index contributed by atoms with van der Waals surface area (Å²) in [6.45, 7) is 9.45. The molecular weight excluding hydrogens is 647 g/mol. The van der Waals surface area contributed by atoms with Gasteiger partial charge in [0.15, 0.2) is 0 Å². The van der Waals surface area contributed by atoms with Crippen LogP contribution in [0.4, 0.5) is 0 Å². The van der Waals surface area contributed by atoms with Crippen LogP contribution < -0.4 is 0 Å². The van der Waals surface area contributed by atoms with Gasteiger partial charge in [-0.2, -0.15) is 0 Å². The van der Waals surface area contributed by atoms with Crippen molar-refractivity contribution in [1.29, 1.82) is 0 Å². The first-order valence-corrected chi connectivity index (χ1v) is 32.9. The fraction of sp³-hybridized carbons (Fsp3) is 0.421. The summed E-state index contributed by atoms with van der Waals surface area (Å²) in [7, 11) is 16.7. The Hall–Kier alpha value is -1.18. The third kappa shape index (κ3) is 6.18. The average Bonchev–Trinajstić information content (AvgIpc) is 3.61. The van der Waals surface area contributed by atoms with Crippen molar-refractivity contribution in [3.8, 4) is 11.1 Å². The number of fused-ring (bicyclic) bond motifs is 2. The molecule has 0 saturated carbocycles. The quantitative estimate of drug-likeness (QED) is 0.116. The number of hydrogen-bond acceptors (Lipinski definition) is 0. The topological polar surface area (TPSA) is 0 Å². The van der Waals surface area contributed by atoms with E-state index in [1.54, 1.807) is 0 Å². The van der Waals surface area contributed by atoms with Crippen LogP contribution in [0.3, 0.4) is 0 Å². The van der Waals surface area contributed by atoms with Crippen LogP contribution in [0.15, 0.2) is 78.4 Å². The molecule has 0 heterocycles. The van der Waals surface area contributed by atoms with Crippen molar-refractivity contribution in [3.63, 3.8) is 0 Å². The normalized spacial score (nSPS) is 18.5. The van der Waals surface area contributed by atoms with E-state index < -0.39 is 21.5 Å². The van der Waals surface area contributed by atoms with Crippen LogP contribution in [0.25, 0.3) is 23.3 Å². The fourth-order valence-electron chi connectivity index (χ4n) is 7.55. The third-order valence-corrected chi connectivity index (χ3v) is 62.1. The number of benzene rings is 3. The van der Waals surface area contributed by atoms with Gasteiger partial charge in [-0.3, -0.25) is 0 Å². The number of halogens is 2. The third-order valence-electron chi connectivity index (χ3n) is 10.1. The monoisotopic (exact) mass is 693 g/mol. The van der Waals surface area contributed by atoms with Gasteiger partial charge in [0.25, 0.3) is 0 Å². The molecule has 4 heteroatoms. The molecule has 0 N–H and O–H groups in total. The van der Waals surface area contributed by atoms with Gasteiger partial charge in [0.05, 0.1) is 0 Å². The zero-order chi connectivity index (χ0) is 29.8. The van der Waals surface area contributed by atoms with Crippen LogP contribution >= 0.6 is 17.0 Å². The Morgan fingerprint density at radius 1 is 0.714 bits per heavy atom. The van der Waals surface area contributed by atoms with Crippen LogP contribution in [0.2, 0.25) is 13.1 Å². The molecule has 2 aliphatic rings. The van der Waals surface area contributed by atoms with Crippen LogP contribution in [0.1, 0.15) is 107 Å². The Kier molecular flexibility index (Phi) is 10.6. The van der Waals surface area contributed by atoms with E-state index in [9.17, 15) is 0 Å². The molecule has 0 nitrogen and oxygen atoms in total. The molecule has 0 aliphatic heterocycles. The molecule has 42 heavy (non-hydrogen) atoms. The number of allylic oxidation sites excluding steroid dienone is 2. The predicted molar refractivity (Wildman–Crippen MR) is 188 cm³/mol. The van der Waals surface area contributed by atoms with Crippen molar-refractivity contribution >= 4 is 35.1 Å². The van der Waals surface area contributed by atoms with E-state index in [0.717, 1.165) is 6.42 Å². The molecule has 2 atom stereocenters. The molecule has 223 valence electrons. The van der Waals surface area contributed by atoms with E-state index in [1.807, 2.05) is 0 Å². The summed E-state index contributed by atoms with van der Waals surface area (Å²) < 4.78 is 0.347. The van der Waals surface area contributed by atoms with Crippen LogP contribution in [0.5, 0.6) is 0 Å². The number of unbranched alkanes of at least 4 members (excludes halogenated alkanes) is 6. The minimum absolute atomic E-state index is 0.170. The van der Waals surface area contributed by atoms with Crippen molar-refractivity contribution in [2.24, 2.45) is 0 Å². The Bertz CT molecular complexity index is 1440. The van der Waals surface area contributed by atoms with E-state index in [-0.39, 0.29) is 7.25 Å². The second-order valence-corrected chi connectivity index (χ2v) is 55.7. The first kappa shape index (κ1) is 32.2. The molecule has 2 aliphatic carbocycles. The maximum atomic E-state index is 8.37. The molecule has 3 aromatic rings. The van der Waals surface area contributed by atoms with Gasteiger partial charge < -0.3 is 0 Å². The molecule has 0 spiro atoms. The molecule has 0 aromatic heterocycles. The van der Waals surface area contributed by atoms with E-state index in [1.165, 1.54) is 102 Å². The second-order valence-electron chi connectivity index (χ2n) is 13.1. The Balaban J connectivity index is 1.57. The molecule has 0 saturated heterocycles. The summed E-state index contributed by atoms with van der Waals surface area (Å²) in [5.74, 6) is -1.49. The van der Waals surface area contributed by atoms with Crippen molar-refractivity contribution < 1.29 is 15.6 Å². The number of aryl methyl sites for hydroxylation is 1. The van der Waals surface area contributed by atoms with Crippen molar-refractivity contribution in [3.05, 3.63) is 106 Å². The predicted octanol–water partition coefficient (Wildman–Crippen LogP) is 12.6. The summed E-state index contributed by atoms with van der Waals surface area (Å²) in [6, 6.07) is 25.1. The molecular formula is C38H49Cl2SiZr. The summed E-state index contributed by atoms with van der Waals surface area (Å²) in [4.78, 5) is 0. The fourth-order valence-corrected chi connectivity index (χ4v) is 37.0. The molecule has 3 aromatic carbocycles. The first-order chi connectivity index (χ1) is 20.3. The average molecular weight is 696 g/mol. The van der Waals surface area contributed by atoms with Gasteiger partial charge in [0, 0.05) is 0 Å². The Labute approximate surface area is 264 Å². The second kappa shape index (κ2) is 13.9. The molecule has 5 rings (SSSR count). The molecule has 0 bridgehead atoms. The molecule has 0 fully saturated rings. The minimum atomic E-state index is -4.55. The Morgan fingerprint density at radius 3 is 2.07 bits per heavy atom. The van der Waals surface area contributed by atoms with Crippen LogP contribution in [0, 0.1) is 0 Å². The van der Waals surface area contributed by atoms with Gasteiger partial charge in [-0.25, -0.2) is 0 Å². The standard InChI is InChI=1S/C27H35.C9H7.C2H7Si.2ClH.Zr/c1-3-5-7-9-12-22-16-18-24(19-17-22)26-15-11-14-25-20-23(21-27(25)26)13-10-8-6-4-2;1-2-5-9-7-3-6-8(9)4-1;1-3-2;;;/h11,14-21H,3-10,12-13H2,1-2H3;1-7H;3H,1-2H3;2*1H;/q;;;;;+2/p-2. The first-order valence-electron chi connectivity index (χ1n) is 16.6. The van der Waals surface area contributed by atoms with E-state index in [4.69, 9.17) is 17.0 Å². The van der Waals surface area contributed by atoms with E-state index >= 15 is 0 Å². The van der Waals surface area contributed by atoms with Gasteiger partial charge in [-0.15, -0.1) is 0 Å². The van der Waals surface area contributed by atoms with E-state index in [2.05, 4.69) is 112 Å². The van der Waals surface area contributed by atoms with Gasteiger partial charge >= 0.3 is 253 Å². The maximum absolute atomic E-state index is 8.37. The van der Waals surface area contributed by atoms with Crippen molar-refractivity contribution in [2.45, 2.75) is 98.4 Å². The summed E-state index contributed by atoms with van der Waals surface area (Å²) in [5.41, 5.74) is 11.0. The van der Waals surface area contributed by atoms with Gasteiger partial charge in [-0.05, 0) is 0 Å². The van der Waals surface area contributed by atoms with Crippen molar-refractivity contribution in [1.82, 2.24) is 0 Å². The van der Waals surface area contributed by atoms with Crippen LogP contribution in [-0.2, 0) is 22.0 Å². The number of hydrogen-bond donors (Lipinski definition) is 0. The summed E-state index contributed by atoms with van der Waals surface area (Å²) in [5, 5.41) is 0. The zero-order valence-electron chi connectivity index (χ0n) is 26.1. The summed E-state index contributed by atoms with van der Waals surface area (Å²) >= 11 is -4.55. The van der Waals surface area contributed by atoms with Crippen LogP contribution in [-0.4, -0.2) is 5.92 Å². The molecule has 2 unspecified atom stereocenters. The van der Waals surface area contributed by atoms with Crippen molar-refractivity contribution in [2.75, 3.05) is 0 Å². The molecule has 0 radical (unpaired) electrons. The van der Waals surface area contributed by atoms with Gasteiger partial charge in [0.2, 0.25) is 0 Å². The molecule has 0 amide bonds.